The fourth-order valence-corrected chi connectivity index (χ4v) is 4.89. The number of nitrogens with one attached hydrogen (secondary N) is 1. The van der Waals surface area contributed by atoms with Crippen LogP contribution in [0.3, 0.4) is 0 Å². The molecule has 2 aromatic carbocycles. The summed E-state index contributed by atoms with van der Waals surface area (Å²) in [6, 6.07) is 19.2. The van der Waals surface area contributed by atoms with Crippen molar-refractivity contribution in [2.75, 3.05) is 57.3 Å². The highest BCUT2D eigenvalue weighted by Crippen LogP contribution is 2.22. The quantitative estimate of drug-likeness (QED) is 0.653. The van der Waals surface area contributed by atoms with Gasteiger partial charge in [0.15, 0.2) is 0 Å². The first kappa shape index (κ1) is 25.0. The van der Waals surface area contributed by atoms with Crippen LogP contribution in [0.1, 0.15) is 48.5 Å². The third-order valence-electron chi connectivity index (χ3n) is 7.15. The Labute approximate surface area is 209 Å². The summed E-state index contributed by atoms with van der Waals surface area (Å²) in [7, 11) is 0. The Balaban J connectivity index is 1.21. The standard InChI is InChI=1S/C28H38N4O3/c1-3-35-28(34)32-19-17-31(18-20-32)27(33)24-9-11-26(12-10-24)30-15-13-25(14-16-30)29-21-22(2)23-7-5-4-6-8-23/h4-12,22,25,29H,3,13-21H2,1-2H3. The summed E-state index contributed by atoms with van der Waals surface area (Å²) in [4.78, 5) is 30.7. The summed E-state index contributed by atoms with van der Waals surface area (Å²) in [6.45, 7) is 9.55. The van der Waals surface area contributed by atoms with Crippen molar-refractivity contribution in [3.05, 3.63) is 65.7 Å². The van der Waals surface area contributed by atoms with E-state index in [2.05, 4.69) is 59.6 Å². The third kappa shape index (κ3) is 6.54. The van der Waals surface area contributed by atoms with Crippen LogP contribution in [0.2, 0.25) is 0 Å². The molecule has 2 heterocycles. The van der Waals surface area contributed by atoms with E-state index in [-0.39, 0.29) is 12.0 Å². The average Bonchev–Trinajstić information content (AvgIpc) is 2.92. The van der Waals surface area contributed by atoms with Crippen LogP contribution in [0.4, 0.5) is 10.5 Å². The van der Waals surface area contributed by atoms with E-state index in [1.54, 1.807) is 11.8 Å². The SMILES string of the molecule is CCOC(=O)N1CCN(C(=O)c2ccc(N3CCC(NCC(C)c4ccccc4)CC3)cc2)CC1. The molecular formula is C28H38N4O3. The van der Waals surface area contributed by atoms with Gasteiger partial charge in [-0.25, -0.2) is 4.79 Å². The fraction of sp³-hybridized carbons (Fsp3) is 0.500. The van der Waals surface area contributed by atoms with E-state index in [9.17, 15) is 9.59 Å². The molecule has 2 aliphatic rings. The Morgan fingerprint density at radius 2 is 1.54 bits per heavy atom. The topological polar surface area (TPSA) is 65.1 Å². The highest BCUT2D eigenvalue weighted by Gasteiger charge is 2.26. The van der Waals surface area contributed by atoms with Gasteiger partial charge in [0, 0.05) is 63.1 Å². The lowest BCUT2D eigenvalue weighted by Gasteiger charge is -2.35. The molecule has 2 aliphatic heterocycles. The van der Waals surface area contributed by atoms with Crippen LogP contribution in [-0.2, 0) is 4.74 Å². The van der Waals surface area contributed by atoms with Crippen molar-refractivity contribution in [1.82, 2.24) is 15.1 Å². The molecule has 1 unspecified atom stereocenters. The molecule has 35 heavy (non-hydrogen) atoms. The number of anilines is 1. The number of carbonyl (C=O) groups is 2. The number of rotatable bonds is 7. The lowest BCUT2D eigenvalue weighted by molar-refractivity contribution is 0.0570. The van der Waals surface area contributed by atoms with Gasteiger partial charge in [0.25, 0.3) is 5.91 Å². The summed E-state index contributed by atoms with van der Waals surface area (Å²) < 4.78 is 5.06. The Kier molecular flexibility index (Phi) is 8.64. The number of ether oxygens (including phenoxy) is 1. The van der Waals surface area contributed by atoms with E-state index < -0.39 is 0 Å². The average molecular weight is 479 g/mol. The molecule has 4 rings (SSSR count). The van der Waals surface area contributed by atoms with Gasteiger partial charge in [-0.2, -0.15) is 0 Å². The molecule has 7 heteroatoms. The Hall–Kier alpha value is -3.06. The second-order valence-electron chi connectivity index (χ2n) is 9.51. The first-order valence-electron chi connectivity index (χ1n) is 12.9. The number of carbonyl (C=O) groups excluding carboxylic acids is 2. The molecule has 0 saturated carbocycles. The number of benzene rings is 2. The van der Waals surface area contributed by atoms with Crippen molar-refractivity contribution in [3.8, 4) is 0 Å². The van der Waals surface area contributed by atoms with E-state index in [0.717, 1.165) is 32.5 Å². The number of piperidine rings is 1. The van der Waals surface area contributed by atoms with Gasteiger partial charge < -0.3 is 24.8 Å². The van der Waals surface area contributed by atoms with Gasteiger partial charge in [-0.1, -0.05) is 37.3 Å². The van der Waals surface area contributed by atoms with Gasteiger partial charge in [0.05, 0.1) is 6.61 Å². The molecule has 2 saturated heterocycles. The predicted molar refractivity (Wildman–Crippen MR) is 139 cm³/mol. The number of amides is 2. The van der Waals surface area contributed by atoms with Gasteiger partial charge in [0.2, 0.25) is 0 Å². The molecule has 0 aromatic heterocycles. The molecule has 1 N–H and O–H groups in total. The molecule has 2 aromatic rings. The molecule has 1 atom stereocenters. The highest BCUT2D eigenvalue weighted by atomic mass is 16.6. The lowest BCUT2D eigenvalue weighted by atomic mass is 9.99. The van der Waals surface area contributed by atoms with Crippen LogP contribution >= 0.6 is 0 Å². The van der Waals surface area contributed by atoms with Gasteiger partial charge in [-0.05, 0) is 55.5 Å². The zero-order chi connectivity index (χ0) is 24.6. The monoisotopic (exact) mass is 478 g/mol. The van der Waals surface area contributed by atoms with Crippen LogP contribution < -0.4 is 10.2 Å². The lowest BCUT2D eigenvalue weighted by Crippen LogP contribution is -2.50. The smallest absolute Gasteiger partial charge is 0.409 e. The molecule has 0 spiro atoms. The van der Waals surface area contributed by atoms with E-state index >= 15 is 0 Å². The summed E-state index contributed by atoms with van der Waals surface area (Å²) in [5.74, 6) is 0.531. The van der Waals surface area contributed by atoms with E-state index in [4.69, 9.17) is 4.74 Å². The minimum absolute atomic E-state index is 0.0236. The van der Waals surface area contributed by atoms with Crippen molar-refractivity contribution < 1.29 is 14.3 Å². The van der Waals surface area contributed by atoms with E-state index in [0.29, 0.717) is 50.3 Å². The van der Waals surface area contributed by atoms with Crippen LogP contribution in [0.5, 0.6) is 0 Å². The fourth-order valence-electron chi connectivity index (χ4n) is 4.89. The van der Waals surface area contributed by atoms with Crippen molar-refractivity contribution in [1.29, 1.82) is 0 Å². The summed E-state index contributed by atoms with van der Waals surface area (Å²) in [5.41, 5.74) is 3.25. The minimum Gasteiger partial charge on any atom is -0.450 e. The summed E-state index contributed by atoms with van der Waals surface area (Å²) in [6.07, 6.45) is 1.94. The van der Waals surface area contributed by atoms with Crippen molar-refractivity contribution in [3.63, 3.8) is 0 Å². The predicted octanol–water partition coefficient (Wildman–Crippen LogP) is 3.96. The molecule has 188 valence electrons. The Bertz CT molecular complexity index is 950. The number of nitrogens with zero attached hydrogens (tertiary/aromatic N) is 3. The van der Waals surface area contributed by atoms with Gasteiger partial charge in [-0.3, -0.25) is 4.79 Å². The number of piperazine rings is 1. The maximum Gasteiger partial charge on any atom is 0.409 e. The van der Waals surface area contributed by atoms with Crippen molar-refractivity contribution in [2.24, 2.45) is 0 Å². The van der Waals surface area contributed by atoms with Crippen LogP contribution in [0.15, 0.2) is 54.6 Å². The molecule has 0 radical (unpaired) electrons. The molecule has 0 aliphatic carbocycles. The highest BCUT2D eigenvalue weighted by molar-refractivity contribution is 5.94. The zero-order valence-corrected chi connectivity index (χ0v) is 21.0. The summed E-state index contributed by atoms with van der Waals surface area (Å²) in [5, 5.41) is 3.76. The Morgan fingerprint density at radius 3 is 2.17 bits per heavy atom. The molecule has 7 nitrogen and oxygen atoms in total. The van der Waals surface area contributed by atoms with Gasteiger partial charge in [0.1, 0.15) is 0 Å². The van der Waals surface area contributed by atoms with Crippen molar-refractivity contribution in [2.45, 2.75) is 38.6 Å². The van der Waals surface area contributed by atoms with Gasteiger partial charge in [-0.15, -0.1) is 0 Å². The van der Waals surface area contributed by atoms with Crippen molar-refractivity contribution >= 4 is 17.7 Å². The summed E-state index contributed by atoms with van der Waals surface area (Å²) >= 11 is 0. The van der Waals surface area contributed by atoms with E-state index in [1.807, 2.05) is 17.0 Å². The largest absolute Gasteiger partial charge is 0.450 e. The maximum absolute atomic E-state index is 12.9. The first-order chi connectivity index (χ1) is 17.0. The second kappa shape index (κ2) is 12.1. The first-order valence-corrected chi connectivity index (χ1v) is 12.9. The van der Waals surface area contributed by atoms with Crippen LogP contribution in [0.25, 0.3) is 0 Å². The molecule has 2 fully saturated rings. The number of hydrogen-bond acceptors (Lipinski definition) is 5. The van der Waals surface area contributed by atoms with Crippen LogP contribution in [0, 0.1) is 0 Å². The molecule has 2 amide bonds. The van der Waals surface area contributed by atoms with E-state index in [1.165, 1.54) is 11.3 Å². The second-order valence-corrected chi connectivity index (χ2v) is 9.51. The molecule has 0 bridgehead atoms. The molecular weight excluding hydrogens is 440 g/mol. The minimum atomic E-state index is -0.298. The van der Waals surface area contributed by atoms with Gasteiger partial charge >= 0.3 is 6.09 Å². The normalized spacial score (nSPS) is 17.8. The third-order valence-corrected chi connectivity index (χ3v) is 7.15. The maximum atomic E-state index is 12.9. The zero-order valence-electron chi connectivity index (χ0n) is 21.0. The van der Waals surface area contributed by atoms with Crippen LogP contribution in [-0.4, -0.2) is 80.3 Å². The Morgan fingerprint density at radius 1 is 0.914 bits per heavy atom. The number of hydrogen-bond donors (Lipinski definition) is 1.